The third-order valence-electron chi connectivity index (χ3n) is 4.29. The molecule has 0 bridgehead atoms. The summed E-state index contributed by atoms with van der Waals surface area (Å²) < 4.78 is 15.7. The number of benzene rings is 2. The van der Waals surface area contributed by atoms with Crippen LogP contribution in [0.5, 0.6) is 17.2 Å². The molecule has 0 saturated heterocycles. The molecule has 2 aromatic rings. The summed E-state index contributed by atoms with van der Waals surface area (Å²) in [7, 11) is 6.73. The zero-order valence-electron chi connectivity index (χ0n) is 16.7. The van der Waals surface area contributed by atoms with Gasteiger partial charge < -0.3 is 19.1 Å². The van der Waals surface area contributed by atoms with E-state index in [2.05, 4.69) is 11.9 Å². The van der Waals surface area contributed by atoms with Gasteiger partial charge in [0.05, 0.1) is 26.3 Å². The van der Waals surface area contributed by atoms with E-state index in [9.17, 15) is 10.1 Å². The minimum atomic E-state index is -0.449. The second kappa shape index (κ2) is 10.3. The Morgan fingerprint density at radius 2 is 1.71 bits per heavy atom. The lowest BCUT2D eigenvalue weighted by molar-refractivity contribution is -0.385. The molecule has 0 saturated carbocycles. The Labute approximate surface area is 165 Å². The Hall–Kier alpha value is -3.06. The average Bonchev–Trinajstić information content (AvgIpc) is 2.70. The van der Waals surface area contributed by atoms with Crippen LogP contribution in [0.4, 0.5) is 5.69 Å². The smallest absolute Gasteiger partial charge is 0.310 e. The molecule has 0 amide bonds. The van der Waals surface area contributed by atoms with Gasteiger partial charge in [-0.15, -0.1) is 0 Å². The third kappa shape index (κ3) is 5.72. The van der Waals surface area contributed by atoms with E-state index in [4.69, 9.17) is 14.2 Å². The van der Waals surface area contributed by atoms with Crippen molar-refractivity contribution in [1.82, 2.24) is 4.90 Å². The monoisotopic (exact) mass is 386 g/mol. The van der Waals surface area contributed by atoms with Crippen molar-refractivity contribution in [2.24, 2.45) is 0 Å². The lowest BCUT2D eigenvalue weighted by atomic mass is 10.1. The van der Waals surface area contributed by atoms with Crippen molar-refractivity contribution in [3.05, 3.63) is 63.7 Å². The molecule has 0 N–H and O–H groups in total. The van der Waals surface area contributed by atoms with Crippen LogP contribution in [0, 0.1) is 10.1 Å². The molecule has 2 aromatic carbocycles. The van der Waals surface area contributed by atoms with Crippen LogP contribution in [-0.4, -0.2) is 44.7 Å². The maximum atomic E-state index is 10.9. The number of nitro groups is 1. The van der Waals surface area contributed by atoms with E-state index in [-0.39, 0.29) is 11.4 Å². The van der Waals surface area contributed by atoms with Crippen LogP contribution in [0.1, 0.15) is 17.5 Å². The quantitative estimate of drug-likeness (QED) is 0.451. The first-order chi connectivity index (χ1) is 13.5. The van der Waals surface area contributed by atoms with Gasteiger partial charge in [-0.2, -0.15) is 0 Å². The Bertz CT molecular complexity index is 836. The molecule has 28 heavy (non-hydrogen) atoms. The van der Waals surface area contributed by atoms with Crippen molar-refractivity contribution >= 4 is 11.8 Å². The molecule has 2 rings (SSSR count). The van der Waals surface area contributed by atoms with Crippen LogP contribution < -0.4 is 14.2 Å². The van der Waals surface area contributed by atoms with E-state index in [1.54, 1.807) is 26.4 Å². The zero-order valence-corrected chi connectivity index (χ0v) is 16.7. The molecular formula is C21H26N2O5. The van der Waals surface area contributed by atoms with Crippen LogP contribution in [0.3, 0.4) is 0 Å². The maximum absolute atomic E-state index is 10.9. The van der Waals surface area contributed by atoms with Crippen LogP contribution >= 0.6 is 0 Å². The summed E-state index contributed by atoms with van der Waals surface area (Å²) in [6, 6.07) is 10.8. The Morgan fingerprint density at radius 1 is 1.00 bits per heavy atom. The molecule has 0 spiro atoms. The highest BCUT2D eigenvalue weighted by atomic mass is 16.6. The average molecular weight is 386 g/mol. The zero-order chi connectivity index (χ0) is 20.5. The van der Waals surface area contributed by atoms with Crippen molar-refractivity contribution in [2.45, 2.75) is 13.0 Å². The second-order valence-electron chi connectivity index (χ2n) is 6.31. The largest absolute Gasteiger partial charge is 0.493 e. The fourth-order valence-electron chi connectivity index (χ4n) is 2.83. The van der Waals surface area contributed by atoms with Gasteiger partial charge in [0.1, 0.15) is 0 Å². The van der Waals surface area contributed by atoms with Gasteiger partial charge >= 0.3 is 5.69 Å². The minimum absolute atomic E-state index is 0.0331. The molecule has 150 valence electrons. The summed E-state index contributed by atoms with van der Waals surface area (Å²) >= 11 is 0. The normalized spacial score (nSPS) is 11.0. The summed E-state index contributed by atoms with van der Waals surface area (Å²) in [6.45, 7) is 1.66. The van der Waals surface area contributed by atoms with E-state index < -0.39 is 4.92 Å². The summed E-state index contributed by atoms with van der Waals surface area (Å²) in [6.07, 6.45) is 4.84. The number of methoxy groups -OCH3 is 3. The molecule has 0 radical (unpaired) electrons. The summed E-state index contributed by atoms with van der Waals surface area (Å²) in [5.41, 5.74) is 1.98. The van der Waals surface area contributed by atoms with Crippen molar-refractivity contribution in [2.75, 3.05) is 34.9 Å². The molecule has 0 aliphatic heterocycles. The predicted molar refractivity (Wildman–Crippen MR) is 109 cm³/mol. The summed E-state index contributed by atoms with van der Waals surface area (Å²) in [5, 5.41) is 10.9. The third-order valence-corrected chi connectivity index (χ3v) is 4.29. The van der Waals surface area contributed by atoms with E-state index in [1.165, 1.54) is 13.2 Å². The predicted octanol–water partition coefficient (Wildman–Crippen LogP) is 4.16. The highest BCUT2D eigenvalue weighted by Crippen LogP contribution is 2.29. The molecule has 0 aromatic heterocycles. The van der Waals surface area contributed by atoms with E-state index in [0.29, 0.717) is 0 Å². The number of nitro benzene ring substituents is 1. The standard InChI is InChI=1S/C21H26N2O5/c1-22(15-17-9-11-19(26-2)21(14-17)28-4)12-6-5-7-16-8-10-18(23(24)25)20(13-16)27-3/h5,7-11,13-14H,6,12,15H2,1-4H3/b7-5+. The molecule has 7 nitrogen and oxygen atoms in total. The minimum Gasteiger partial charge on any atom is -0.493 e. The molecule has 0 aliphatic rings. The SMILES string of the molecule is COc1ccc(CN(C)CC/C=C/c2ccc([N+](=O)[O-])c(OC)c2)cc1OC. The molecule has 0 heterocycles. The van der Waals surface area contributed by atoms with Crippen molar-refractivity contribution in [3.63, 3.8) is 0 Å². The van der Waals surface area contributed by atoms with Gasteiger partial charge in [0.2, 0.25) is 0 Å². The van der Waals surface area contributed by atoms with Crippen LogP contribution in [0.2, 0.25) is 0 Å². The lowest BCUT2D eigenvalue weighted by Crippen LogP contribution is -2.18. The summed E-state index contributed by atoms with van der Waals surface area (Å²) in [4.78, 5) is 12.7. The number of nitrogens with zero attached hydrogens (tertiary/aromatic N) is 2. The first kappa shape index (κ1) is 21.2. The van der Waals surface area contributed by atoms with Crippen LogP contribution in [0.15, 0.2) is 42.5 Å². The first-order valence-corrected chi connectivity index (χ1v) is 8.87. The summed E-state index contributed by atoms with van der Waals surface area (Å²) in [5.74, 6) is 1.70. The Kier molecular flexibility index (Phi) is 7.83. The van der Waals surface area contributed by atoms with Gasteiger partial charge in [0.25, 0.3) is 0 Å². The van der Waals surface area contributed by atoms with Gasteiger partial charge in [-0.25, -0.2) is 0 Å². The maximum Gasteiger partial charge on any atom is 0.310 e. The van der Waals surface area contributed by atoms with Gasteiger partial charge in [0, 0.05) is 19.2 Å². The Morgan fingerprint density at radius 3 is 2.36 bits per heavy atom. The van der Waals surface area contributed by atoms with E-state index in [1.807, 2.05) is 30.4 Å². The van der Waals surface area contributed by atoms with Gasteiger partial charge in [0.15, 0.2) is 17.2 Å². The molecule has 7 heteroatoms. The van der Waals surface area contributed by atoms with Crippen LogP contribution in [-0.2, 0) is 6.54 Å². The molecule has 0 unspecified atom stereocenters. The number of hydrogen-bond acceptors (Lipinski definition) is 6. The molecular weight excluding hydrogens is 360 g/mol. The van der Waals surface area contributed by atoms with Crippen molar-refractivity contribution in [1.29, 1.82) is 0 Å². The van der Waals surface area contributed by atoms with Crippen molar-refractivity contribution < 1.29 is 19.1 Å². The first-order valence-electron chi connectivity index (χ1n) is 8.87. The van der Waals surface area contributed by atoms with E-state index >= 15 is 0 Å². The van der Waals surface area contributed by atoms with Crippen LogP contribution in [0.25, 0.3) is 6.08 Å². The second-order valence-corrected chi connectivity index (χ2v) is 6.31. The Balaban J connectivity index is 1.90. The fraction of sp³-hybridized carbons (Fsp3) is 0.333. The number of hydrogen-bond donors (Lipinski definition) is 0. The highest BCUT2D eigenvalue weighted by Gasteiger charge is 2.13. The number of ether oxygens (including phenoxy) is 3. The lowest BCUT2D eigenvalue weighted by Gasteiger charge is -2.17. The molecule has 0 fully saturated rings. The molecule has 0 atom stereocenters. The number of rotatable bonds is 10. The fourth-order valence-corrected chi connectivity index (χ4v) is 2.83. The van der Waals surface area contributed by atoms with Gasteiger partial charge in [-0.05, 0) is 48.9 Å². The van der Waals surface area contributed by atoms with E-state index in [0.717, 1.165) is 42.1 Å². The van der Waals surface area contributed by atoms with Gasteiger partial charge in [-0.3, -0.25) is 10.1 Å². The topological polar surface area (TPSA) is 74.1 Å². The molecule has 0 aliphatic carbocycles. The highest BCUT2D eigenvalue weighted by molar-refractivity contribution is 5.58. The van der Waals surface area contributed by atoms with Crippen molar-refractivity contribution in [3.8, 4) is 17.2 Å². The van der Waals surface area contributed by atoms with Gasteiger partial charge in [-0.1, -0.05) is 18.2 Å².